The maximum atomic E-state index is 13.1. The van der Waals surface area contributed by atoms with Crippen molar-refractivity contribution >= 4 is 5.97 Å². The third kappa shape index (κ3) is 2.94. The first-order valence-electron chi connectivity index (χ1n) is 6.25. The number of dihydropyridines is 1. The number of rotatable bonds is 2. The van der Waals surface area contributed by atoms with Gasteiger partial charge < -0.3 is 15.2 Å². The molecule has 0 radical (unpaired) electrons. The molecule has 3 nitrogen and oxygen atoms in total. The Labute approximate surface area is 119 Å². The van der Waals surface area contributed by atoms with Gasteiger partial charge in [0.2, 0.25) is 0 Å². The van der Waals surface area contributed by atoms with E-state index in [4.69, 9.17) is 0 Å². The summed E-state index contributed by atoms with van der Waals surface area (Å²) in [6.07, 6.45) is -3.09. The summed E-state index contributed by atoms with van der Waals surface area (Å²) in [7, 11) is 0. The zero-order chi connectivity index (χ0) is 15.8. The molecule has 1 aliphatic heterocycles. The van der Waals surface area contributed by atoms with Crippen LogP contribution in [0.4, 0.5) is 13.2 Å². The van der Waals surface area contributed by atoms with Crippen LogP contribution < -0.4 is 10.4 Å². The monoisotopic (exact) mass is 296 g/mol. The minimum absolute atomic E-state index is 0.0931. The van der Waals surface area contributed by atoms with Crippen molar-refractivity contribution in [3.8, 4) is 0 Å². The van der Waals surface area contributed by atoms with E-state index < -0.39 is 23.6 Å². The topological polar surface area (TPSA) is 52.2 Å². The lowest BCUT2D eigenvalue weighted by Crippen LogP contribution is -2.33. The highest BCUT2D eigenvalue weighted by atomic mass is 19.4. The Kier molecular flexibility index (Phi) is 3.80. The molecule has 112 valence electrons. The highest BCUT2D eigenvalue weighted by molar-refractivity contribution is 5.89. The molecule has 21 heavy (non-hydrogen) atoms. The Hall–Kier alpha value is -2.24. The summed E-state index contributed by atoms with van der Waals surface area (Å²) in [6, 6.07) is 4.97. The van der Waals surface area contributed by atoms with E-state index in [2.05, 4.69) is 5.32 Å². The summed E-state index contributed by atoms with van der Waals surface area (Å²) in [6.45, 7) is 3.17. The quantitative estimate of drug-likeness (QED) is 0.911. The maximum absolute atomic E-state index is 13.1. The molecular formula is C15H13F3NO2-. The molecule has 0 saturated heterocycles. The van der Waals surface area contributed by atoms with Crippen LogP contribution in [0.1, 0.15) is 30.9 Å². The summed E-state index contributed by atoms with van der Waals surface area (Å²) in [4.78, 5) is 11.3. The van der Waals surface area contributed by atoms with Crippen LogP contribution in [0.25, 0.3) is 0 Å². The van der Waals surface area contributed by atoms with Crippen LogP contribution in [0, 0.1) is 0 Å². The van der Waals surface area contributed by atoms with Crippen LogP contribution in [0.2, 0.25) is 0 Å². The van der Waals surface area contributed by atoms with E-state index in [0.717, 1.165) is 6.07 Å². The number of nitrogens with one attached hydrogen (secondary N) is 1. The molecule has 6 heteroatoms. The number of halogens is 3. The Morgan fingerprint density at radius 3 is 2.43 bits per heavy atom. The van der Waals surface area contributed by atoms with Crippen molar-refractivity contribution in [1.82, 2.24) is 5.32 Å². The molecule has 0 saturated carbocycles. The van der Waals surface area contributed by atoms with Gasteiger partial charge in [-0.25, -0.2) is 0 Å². The standard InChI is InChI=1S/C15H14F3NO2/c1-8-7-11(13(14(20)21)9(2)19-8)10-5-3-4-6-12(10)15(16,17)18/h3-7,11,19H,1-2H3,(H,20,21)/p-1. The fourth-order valence-electron chi connectivity index (χ4n) is 2.52. The summed E-state index contributed by atoms with van der Waals surface area (Å²) in [5.74, 6) is -2.47. The van der Waals surface area contributed by atoms with Gasteiger partial charge in [0, 0.05) is 22.9 Å². The molecule has 1 aromatic rings. The molecule has 1 N–H and O–H groups in total. The van der Waals surface area contributed by atoms with Crippen LogP contribution in [0.15, 0.2) is 47.3 Å². The lowest BCUT2D eigenvalue weighted by atomic mass is 9.84. The molecule has 1 aromatic carbocycles. The second-order valence-electron chi connectivity index (χ2n) is 4.86. The molecule has 2 rings (SSSR count). The molecule has 0 aliphatic carbocycles. The van der Waals surface area contributed by atoms with Crippen molar-refractivity contribution in [2.45, 2.75) is 25.9 Å². The summed E-state index contributed by atoms with van der Waals surface area (Å²) < 4.78 is 39.3. The first-order valence-corrected chi connectivity index (χ1v) is 6.25. The molecule has 1 atom stereocenters. The SMILES string of the molecule is CC1=CC(c2ccccc2C(F)(F)F)C(C(=O)[O-])=C(C)N1. The lowest BCUT2D eigenvalue weighted by Gasteiger charge is -2.29. The van der Waals surface area contributed by atoms with Gasteiger partial charge in [-0.2, -0.15) is 13.2 Å². The molecule has 1 aliphatic rings. The van der Waals surface area contributed by atoms with Gasteiger partial charge in [0.05, 0.1) is 11.5 Å². The molecule has 0 spiro atoms. The highest BCUT2D eigenvalue weighted by Gasteiger charge is 2.36. The molecule has 1 heterocycles. The molecule has 0 aromatic heterocycles. The van der Waals surface area contributed by atoms with E-state index in [1.54, 1.807) is 6.92 Å². The number of alkyl halides is 3. The van der Waals surface area contributed by atoms with Gasteiger partial charge in [-0.05, 0) is 25.5 Å². The Bertz CT molecular complexity index is 645. The normalized spacial score (nSPS) is 19.1. The first kappa shape index (κ1) is 15.2. The number of carboxylic acid groups (broad SMARTS) is 1. The average molecular weight is 296 g/mol. The number of allylic oxidation sites excluding steroid dienone is 3. The van der Waals surface area contributed by atoms with Crippen molar-refractivity contribution in [3.05, 3.63) is 58.4 Å². The maximum Gasteiger partial charge on any atom is 0.416 e. The molecule has 1 unspecified atom stereocenters. The Morgan fingerprint density at radius 2 is 1.86 bits per heavy atom. The number of carbonyl (C=O) groups is 1. The first-order chi connectivity index (χ1) is 9.71. The minimum Gasteiger partial charge on any atom is -0.545 e. The summed E-state index contributed by atoms with van der Waals surface area (Å²) in [5.41, 5.74) is -0.231. The second-order valence-corrected chi connectivity index (χ2v) is 4.86. The van der Waals surface area contributed by atoms with Crippen molar-refractivity contribution in [2.24, 2.45) is 0 Å². The molecule has 0 bridgehead atoms. The van der Waals surface area contributed by atoms with E-state index in [0.29, 0.717) is 5.70 Å². The summed E-state index contributed by atoms with van der Waals surface area (Å²) in [5, 5.41) is 14.1. The highest BCUT2D eigenvalue weighted by Crippen LogP contribution is 2.39. The summed E-state index contributed by atoms with van der Waals surface area (Å²) >= 11 is 0. The Balaban J connectivity index is 2.64. The number of carboxylic acids is 1. The van der Waals surface area contributed by atoms with Gasteiger partial charge in [0.25, 0.3) is 0 Å². The fraction of sp³-hybridized carbons (Fsp3) is 0.267. The van der Waals surface area contributed by atoms with E-state index >= 15 is 0 Å². The zero-order valence-electron chi connectivity index (χ0n) is 11.4. The second kappa shape index (κ2) is 5.27. The van der Waals surface area contributed by atoms with Crippen molar-refractivity contribution in [3.63, 3.8) is 0 Å². The van der Waals surface area contributed by atoms with Crippen LogP contribution in [-0.2, 0) is 11.0 Å². The van der Waals surface area contributed by atoms with Crippen LogP contribution in [0.3, 0.4) is 0 Å². The number of aliphatic carboxylic acids is 1. The zero-order valence-corrected chi connectivity index (χ0v) is 11.4. The van der Waals surface area contributed by atoms with Crippen molar-refractivity contribution in [1.29, 1.82) is 0 Å². The van der Waals surface area contributed by atoms with E-state index in [1.807, 2.05) is 0 Å². The third-order valence-corrected chi connectivity index (χ3v) is 3.34. The number of hydrogen-bond acceptors (Lipinski definition) is 3. The molecule has 0 amide bonds. The Morgan fingerprint density at radius 1 is 1.24 bits per heavy atom. The van der Waals surface area contributed by atoms with Crippen LogP contribution in [-0.4, -0.2) is 5.97 Å². The van der Waals surface area contributed by atoms with Gasteiger partial charge in [0.15, 0.2) is 0 Å². The fourth-order valence-corrected chi connectivity index (χ4v) is 2.52. The number of benzene rings is 1. The van der Waals surface area contributed by atoms with Gasteiger partial charge in [0.1, 0.15) is 0 Å². The molecular weight excluding hydrogens is 283 g/mol. The molecule has 0 fully saturated rings. The van der Waals surface area contributed by atoms with E-state index in [9.17, 15) is 23.1 Å². The average Bonchev–Trinajstić information content (AvgIpc) is 2.36. The lowest BCUT2D eigenvalue weighted by molar-refractivity contribution is -0.299. The predicted molar refractivity (Wildman–Crippen MR) is 68.8 cm³/mol. The van der Waals surface area contributed by atoms with Gasteiger partial charge in [-0.3, -0.25) is 0 Å². The van der Waals surface area contributed by atoms with Crippen molar-refractivity contribution in [2.75, 3.05) is 0 Å². The minimum atomic E-state index is -4.55. The van der Waals surface area contributed by atoms with Crippen molar-refractivity contribution < 1.29 is 23.1 Å². The van der Waals surface area contributed by atoms with Crippen LogP contribution in [0.5, 0.6) is 0 Å². The number of hydrogen-bond donors (Lipinski definition) is 1. The third-order valence-electron chi connectivity index (χ3n) is 3.34. The van der Waals surface area contributed by atoms with Crippen LogP contribution >= 0.6 is 0 Å². The van der Waals surface area contributed by atoms with Gasteiger partial charge in [-0.15, -0.1) is 0 Å². The largest absolute Gasteiger partial charge is 0.545 e. The van der Waals surface area contributed by atoms with Gasteiger partial charge >= 0.3 is 6.18 Å². The van der Waals surface area contributed by atoms with E-state index in [1.165, 1.54) is 31.2 Å². The predicted octanol–water partition coefficient (Wildman–Crippen LogP) is 2.32. The number of carbonyl (C=O) groups excluding carboxylic acids is 1. The van der Waals surface area contributed by atoms with E-state index in [-0.39, 0.29) is 16.8 Å². The smallest absolute Gasteiger partial charge is 0.416 e. The van der Waals surface area contributed by atoms with Gasteiger partial charge in [-0.1, -0.05) is 24.3 Å².